The van der Waals surface area contributed by atoms with Gasteiger partial charge in [-0.25, -0.2) is 14.6 Å². The van der Waals surface area contributed by atoms with Crippen LogP contribution in [0.5, 0.6) is 0 Å². The van der Waals surface area contributed by atoms with Crippen molar-refractivity contribution in [1.29, 1.82) is 0 Å². The monoisotopic (exact) mass is 200 g/mol. The standard InChI is InChI=1S/C6H8O2.C4H8O2/c1-3-4-5(2)6(7)8;1-2-4-6-5-3-1/h3-4H,1H2,2H3,(H,7,8);1-4H2. The van der Waals surface area contributed by atoms with E-state index >= 15 is 0 Å². The van der Waals surface area contributed by atoms with Gasteiger partial charge in [0.1, 0.15) is 0 Å². The predicted octanol–water partition coefficient (Wildman–Crippen LogP) is 1.93. The maximum absolute atomic E-state index is 9.97. The molecule has 0 atom stereocenters. The summed E-state index contributed by atoms with van der Waals surface area (Å²) in [5, 5.41) is 8.20. The van der Waals surface area contributed by atoms with Gasteiger partial charge in [-0.2, -0.15) is 0 Å². The molecule has 0 bridgehead atoms. The van der Waals surface area contributed by atoms with Gasteiger partial charge in [0.25, 0.3) is 0 Å². The smallest absolute Gasteiger partial charge is 0.331 e. The molecule has 0 amide bonds. The van der Waals surface area contributed by atoms with E-state index in [2.05, 4.69) is 16.4 Å². The zero-order valence-corrected chi connectivity index (χ0v) is 8.36. The van der Waals surface area contributed by atoms with Crippen molar-refractivity contribution in [3.8, 4) is 0 Å². The number of carboxylic acids is 1. The summed E-state index contributed by atoms with van der Waals surface area (Å²) in [4.78, 5) is 19.1. The lowest BCUT2D eigenvalue weighted by Gasteiger charge is -2.07. The fourth-order valence-corrected chi connectivity index (χ4v) is 0.688. The average molecular weight is 200 g/mol. The van der Waals surface area contributed by atoms with Gasteiger partial charge in [0, 0.05) is 5.57 Å². The van der Waals surface area contributed by atoms with Gasteiger partial charge in [-0.3, -0.25) is 0 Å². The molecule has 0 aromatic rings. The topological polar surface area (TPSA) is 55.8 Å². The molecule has 1 aliphatic rings. The molecule has 80 valence electrons. The highest BCUT2D eigenvalue weighted by atomic mass is 17.2. The third-order valence-corrected chi connectivity index (χ3v) is 1.49. The van der Waals surface area contributed by atoms with E-state index in [4.69, 9.17) is 5.11 Å². The highest BCUT2D eigenvalue weighted by molar-refractivity contribution is 5.86. The van der Waals surface area contributed by atoms with E-state index in [0.29, 0.717) is 5.57 Å². The minimum absolute atomic E-state index is 0.306. The van der Waals surface area contributed by atoms with Crippen LogP contribution in [0.2, 0.25) is 0 Å². The van der Waals surface area contributed by atoms with Crippen LogP contribution >= 0.6 is 0 Å². The summed E-state index contributed by atoms with van der Waals surface area (Å²) < 4.78 is 0. The Hall–Kier alpha value is -1.13. The van der Waals surface area contributed by atoms with Crippen LogP contribution in [0.15, 0.2) is 24.3 Å². The van der Waals surface area contributed by atoms with Gasteiger partial charge in [-0.05, 0) is 19.8 Å². The maximum Gasteiger partial charge on any atom is 0.331 e. The van der Waals surface area contributed by atoms with E-state index in [1.54, 1.807) is 0 Å². The molecule has 0 unspecified atom stereocenters. The van der Waals surface area contributed by atoms with E-state index in [9.17, 15) is 4.79 Å². The summed E-state index contributed by atoms with van der Waals surface area (Å²) in [5.41, 5.74) is 0.306. The van der Waals surface area contributed by atoms with Crippen molar-refractivity contribution in [2.24, 2.45) is 0 Å². The number of carbonyl (C=O) groups is 1. The molecule has 1 N–H and O–H groups in total. The number of hydrogen-bond donors (Lipinski definition) is 1. The molecule has 1 rings (SSSR count). The third kappa shape index (κ3) is 7.52. The zero-order chi connectivity index (χ0) is 10.8. The van der Waals surface area contributed by atoms with Crippen LogP contribution in [0, 0.1) is 0 Å². The molecule has 1 aliphatic heterocycles. The highest BCUT2D eigenvalue weighted by Gasteiger charge is 1.96. The van der Waals surface area contributed by atoms with Crippen molar-refractivity contribution in [2.75, 3.05) is 13.2 Å². The summed E-state index contributed by atoms with van der Waals surface area (Å²) in [6.45, 7) is 6.42. The molecule has 1 heterocycles. The second-order valence-electron chi connectivity index (χ2n) is 2.74. The molecule has 0 aromatic carbocycles. The van der Waals surface area contributed by atoms with Crippen LogP contribution in [0.25, 0.3) is 0 Å². The highest BCUT2D eigenvalue weighted by Crippen LogP contribution is 1.97. The van der Waals surface area contributed by atoms with Crippen LogP contribution in [-0.2, 0) is 14.6 Å². The fraction of sp³-hybridized carbons (Fsp3) is 0.500. The second kappa shape index (κ2) is 8.47. The number of rotatable bonds is 2. The Morgan fingerprint density at radius 3 is 2.00 bits per heavy atom. The van der Waals surface area contributed by atoms with E-state index in [0.717, 1.165) is 26.1 Å². The van der Waals surface area contributed by atoms with Gasteiger partial charge in [0.2, 0.25) is 0 Å². The molecule has 0 radical (unpaired) electrons. The lowest BCUT2D eigenvalue weighted by atomic mass is 10.3. The first-order chi connectivity index (χ1) is 6.68. The van der Waals surface area contributed by atoms with Gasteiger partial charge < -0.3 is 5.11 Å². The Bertz CT molecular complexity index is 193. The molecule has 4 nitrogen and oxygen atoms in total. The van der Waals surface area contributed by atoms with Crippen LogP contribution in [0.1, 0.15) is 19.8 Å². The summed E-state index contributed by atoms with van der Waals surface area (Å²) in [7, 11) is 0. The van der Waals surface area contributed by atoms with Crippen LogP contribution in [0.3, 0.4) is 0 Å². The Morgan fingerprint density at radius 2 is 1.86 bits per heavy atom. The quantitative estimate of drug-likeness (QED) is 0.420. The van der Waals surface area contributed by atoms with Crippen molar-refractivity contribution >= 4 is 5.97 Å². The molecule has 1 fully saturated rings. The van der Waals surface area contributed by atoms with Gasteiger partial charge in [0.05, 0.1) is 13.2 Å². The van der Waals surface area contributed by atoms with Crippen molar-refractivity contribution in [3.63, 3.8) is 0 Å². The predicted molar refractivity (Wildman–Crippen MR) is 52.7 cm³/mol. The number of hydrogen-bond acceptors (Lipinski definition) is 3. The molecular weight excluding hydrogens is 184 g/mol. The molecule has 0 spiro atoms. The normalized spacial score (nSPS) is 16.5. The SMILES string of the molecule is C1CCOOC1.C=CC=C(C)C(=O)O. The van der Waals surface area contributed by atoms with Crippen molar-refractivity contribution in [2.45, 2.75) is 19.8 Å². The molecule has 0 aromatic heterocycles. The van der Waals surface area contributed by atoms with Gasteiger partial charge in [0.15, 0.2) is 0 Å². The maximum atomic E-state index is 9.97. The van der Waals surface area contributed by atoms with E-state index < -0.39 is 5.97 Å². The Kier molecular flexibility index (Phi) is 7.78. The number of aliphatic carboxylic acids is 1. The number of carboxylic acid groups (broad SMARTS) is 1. The molecular formula is C10H16O4. The Labute approximate surface area is 83.8 Å². The second-order valence-corrected chi connectivity index (χ2v) is 2.74. The van der Waals surface area contributed by atoms with E-state index in [1.165, 1.54) is 19.1 Å². The minimum Gasteiger partial charge on any atom is -0.478 e. The molecule has 0 saturated carbocycles. The lowest BCUT2D eigenvalue weighted by Crippen LogP contribution is -2.05. The average Bonchev–Trinajstić information content (AvgIpc) is 2.21. The summed E-state index contributed by atoms with van der Waals surface area (Å²) >= 11 is 0. The minimum atomic E-state index is -0.898. The number of allylic oxidation sites excluding steroid dienone is 2. The Balaban J connectivity index is 0.000000249. The lowest BCUT2D eigenvalue weighted by molar-refractivity contribution is -0.312. The van der Waals surface area contributed by atoms with E-state index in [-0.39, 0.29) is 0 Å². The fourth-order valence-electron chi connectivity index (χ4n) is 0.688. The zero-order valence-electron chi connectivity index (χ0n) is 8.36. The molecule has 0 aliphatic carbocycles. The first kappa shape index (κ1) is 12.9. The molecule has 1 saturated heterocycles. The van der Waals surface area contributed by atoms with Crippen LogP contribution in [-0.4, -0.2) is 24.3 Å². The first-order valence-electron chi connectivity index (χ1n) is 4.45. The first-order valence-corrected chi connectivity index (χ1v) is 4.45. The van der Waals surface area contributed by atoms with Crippen molar-refractivity contribution in [3.05, 3.63) is 24.3 Å². The summed E-state index contributed by atoms with van der Waals surface area (Å²) in [5.74, 6) is -0.898. The summed E-state index contributed by atoms with van der Waals surface area (Å²) in [6.07, 6.45) is 5.20. The molecule has 14 heavy (non-hydrogen) atoms. The van der Waals surface area contributed by atoms with E-state index in [1.807, 2.05) is 0 Å². The van der Waals surface area contributed by atoms with Crippen molar-refractivity contribution < 1.29 is 19.7 Å². The summed E-state index contributed by atoms with van der Waals surface area (Å²) in [6, 6.07) is 0. The Morgan fingerprint density at radius 1 is 1.36 bits per heavy atom. The van der Waals surface area contributed by atoms with Gasteiger partial charge in [-0.1, -0.05) is 18.7 Å². The van der Waals surface area contributed by atoms with Crippen LogP contribution < -0.4 is 0 Å². The third-order valence-electron chi connectivity index (χ3n) is 1.49. The van der Waals surface area contributed by atoms with Crippen LogP contribution in [0.4, 0.5) is 0 Å². The van der Waals surface area contributed by atoms with Gasteiger partial charge >= 0.3 is 5.97 Å². The van der Waals surface area contributed by atoms with Gasteiger partial charge in [-0.15, -0.1) is 0 Å². The van der Waals surface area contributed by atoms with Crippen molar-refractivity contribution in [1.82, 2.24) is 0 Å². The molecule has 4 heteroatoms. The largest absolute Gasteiger partial charge is 0.478 e.